The van der Waals surface area contributed by atoms with E-state index in [2.05, 4.69) is 17.4 Å². The van der Waals surface area contributed by atoms with Crippen LogP contribution in [0, 0.1) is 0 Å². The number of amides is 3. The van der Waals surface area contributed by atoms with Gasteiger partial charge in [-0.1, -0.05) is 30.3 Å². The minimum atomic E-state index is -0.659. The minimum absolute atomic E-state index is 0.00378. The first-order chi connectivity index (χ1) is 15.5. The molecule has 1 N–H and O–H groups in total. The van der Waals surface area contributed by atoms with Gasteiger partial charge < -0.3 is 10.2 Å². The van der Waals surface area contributed by atoms with Crippen LogP contribution in [0.15, 0.2) is 59.5 Å². The van der Waals surface area contributed by atoms with Crippen LogP contribution in [0.25, 0.3) is 0 Å². The van der Waals surface area contributed by atoms with Crippen molar-refractivity contribution in [3.8, 4) is 0 Å². The van der Waals surface area contributed by atoms with Crippen LogP contribution in [0.1, 0.15) is 49.4 Å². The second-order valence-corrected chi connectivity index (χ2v) is 9.56. The number of carbonyl (C=O) groups excluding carboxylic acids is 3. The van der Waals surface area contributed by atoms with E-state index >= 15 is 0 Å². The number of thioether (sulfide) groups is 1. The van der Waals surface area contributed by atoms with Crippen molar-refractivity contribution in [2.45, 2.75) is 49.6 Å². The molecule has 0 aliphatic carbocycles. The quantitative estimate of drug-likeness (QED) is 0.461. The Morgan fingerprint density at radius 2 is 1.81 bits per heavy atom. The summed E-state index contributed by atoms with van der Waals surface area (Å²) in [5.41, 5.74) is 0.596. The van der Waals surface area contributed by atoms with E-state index in [0.717, 1.165) is 12.2 Å². The number of hydrogen-bond acceptors (Lipinski definition) is 4. The zero-order valence-electron chi connectivity index (χ0n) is 18.4. The molecule has 6 nitrogen and oxygen atoms in total. The summed E-state index contributed by atoms with van der Waals surface area (Å²) in [6.45, 7) is 3.05. The molecule has 2 aliphatic rings. The molecule has 1 fully saturated rings. The summed E-state index contributed by atoms with van der Waals surface area (Å²) in [7, 11) is 0. The number of anilines is 1. The van der Waals surface area contributed by atoms with Gasteiger partial charge in [0.25, 0.3) is 5.91 Å². The first-order valence-corrected chi connectivity index (χ1v) is 12.2. The summed E-state index contributed by atoms with van der Waals surface area (Å²) in [5.74, 6) is 0.939. The van der Waals surface area contributed by atoms with Crippen molar-refractivity contribution in [2.24, 2.45) is 0 Å². The number of benzene rings is 2. The van der Waals surface area contributed by atoms with Crippen LogP contribution in [-0.4, -0.2) is 47.1 Å². The second-order valence-electron chi connectivity index (χ2n) is 8.39. The number of fused-ring (bicyclic) bond motifs is 3. The van der Waals surface area contributed by atoms with Gasteiger partial charge >= 0.3 is 0 Å². The Bertz CT molecular complexity index is 997. The van der Waals surface area contributed by atoms with Gasteiger partial charge in [-0.2, -0.15) is 0 Å². The summed E-state index contributed by atoms with van der Waals surface area (Å²) >= 11 is 1.78. The molecule has 1 saturated heterocycles. The van der Waals surface area contributed by atoms with E-state index in [-0.39, 0.29) is 17.7 Å². The van der Waals surface area contributed by atoms with E-state index in [9.17, 15) is 14.4 Å². The average Bonchev–Trinajstić information content (AvgIpc) is 3.11. The molecule has 32 heavy (non-hydrogen) atoms. The summed E-state index contributed by atoms with van der Waals surface area (Å²) in [5, 5.41) is 2.98. The Balaban J connectivity index is 1.26. The van der Waals surface area contributed by atoms with Gasteiger partial charge in [-0.25, -0.2) is 0 Å². The molecule has 2 aliphatic heterocycles. The fraction of sp³-hybridized carbons (Fsp3) is 0.400. The maximum atomic E-state index is 13.2. The van der Waals surface area contributed by atoms with Gasteiger partial charge in [0.15, 0.2) is 0 Å². The Morgan fingerprint density at radius 3 is 2.62 bits per heavy atom. The maximum Gasteiger partial charge on any atom is 0.257 e. The van der Waals surface area contributed by atoms with Crippen LogP contribution in [-0.2, 0) is 9.59 Å². The van der Waals surface area contributed by atoms with Crippen LogP contribution in [0.5, 0.6) is 0 Å². The molecule has 0 aromatic heterocycles. The molecule has 2 heterocycles. The first kappa shape index (κ1) is 22.4. The highest BCUT2D eigenvalue weighted by Crippen LogP contribution is 2.44. The lowest BCUT2D eigenvalue weighted by atomic mass is 9.98. The molecular weight excluding hydrogens is 422 g/mol. The number of hydrogen-bond donors (Lipinski definition) is 1. The van der Waals surface area contributed by atoms with Crippen LogP contribution >= 0.6 is 11.8 Å². The van der Waals surface area contributed by atoms with E-state index in [1.807, 2.05) is 43.3 Å². The van der Waals surface area contributed by atoms with Crippen LogP contribution in [0.3, 0.4) is 0 Å². The average molecular weight is 452 g/mol. The lowest BCUT2D eigenvalue weighted by molar-refractivity contribution is -0.121. The van der Waals surface area contributed by atoms with Crippen molar-refractivity contribution in [1.82, 2.24) is 10.2 Å². The molecule has 1 atom stereocenters. The fourth-order valence-corrected chi connectivity index (χ4v) is 5.41. The minimum Gasteiger partial charge on any atom is -0.356 e. The molecule has 3 amide bonds. The molecule has 4 rings (SSSR count). The third-order valence-electron chi connectivity index (χ3n) is 6.19. The smallest absolute Gasteiger partial charge is 0.257 e. The third kappa shape index (κ3) is 4.53. The Morgan fingerprint density at radius 1 is 1.06 bits per heavy atom. The SMILES string of the molecule is CC12CCC(=O)N1c1ccccc1C(=O)N2CCCC(=O)NCCCSc1ccccc1. The van der Waals surface area contributed by atoms with Crippen molar-refractivity contribution in [2.75, 3.05) is 23.7 Å². The summed E-state index contributed by atoms with van der Waals surface area (Å²) in [6, 6.07) is 17.5. The number of nitrogens with one attached hydrogen (secondary N) is 1. The highest BCUT2D eigenvalue weighted by Gasteiger charge is 2.52. The number of para-hydroxylation sites is 1. The highest BCUT2D eigenvalue weighted by atomic mass is 32.2. The lowest BCUT2D eigenvalue weighted by Crippen LogP contribution is -2.62. The van der Waals surface area contributed by atoms with Crippen molar-refractivity contribution in [3.63, 3.8) is 0 Å². The molecule has 168 valence electrons. The van der Waals surface area contributed by atoms with Gasteiger partial charge in [0, 0.05) is 30.8 Å². The van der Waals surface area contributed by atoms with Crippen molar-refractivity contribution < 1.29 is 14.4 Å². The van der Waals surface area contributed by atoms with Gasteiger partial charge in [-0.05, 0) is 56.2 Å². The van der Waals surface area contributed by atoms with E-state index in [1.165, 1.54) is 4.90 Å². The molecule has 0 radical (unpaired) electrons. The standard InChI is InChI=1S/C25H29N3O3S/c1-25-15-14-23(30)28(25)21-12-6-5-11-20(21)24(31)27(25)17-7-13-22(29)26-16-8-18-32-19-9-3-2-4-10-19/h2-6,9-12H,7-8,13-18H2,1H3,(H,26,29). The van der Waals surface area contributed by atoms with Crippen LogP contribution in [0.4, 0.5) is 5.69 Å². The van der Waals surface area contributed by atoms with Crippen LogP contribution in [0.2, 0.25) is 0 Å². The van der Waals surface area contributed by atoms with Gasteiger partial charge in [0.2, 0.25) is 11.8 Å². The summed E-state index contributed by atoms with van der Waals surface area (Å²) in [4.78, 5) is 42.8. The predicted molar refractivity (Wildman–Crippen MR) is 127 cm³/mol. The molecule has 2 aromatic carbocycles. The van der Waals surface area contributed by atoms with Crippen molar-refractivity contribution in [3.05, 3.63) is 60.2 Å². The predicted octanol–water partition coefficient (Wildman–Crippen LogP) is 4.06. The van der Waals surface area contributed by atoms with Crippen molar-refractivity contribution >= 4 is 35.2 Å². The fourth-order valence-electron chi connectivity index (χ4n) is 4.53. The monoisotopic (exact) mass is 451 g/mol. The highest BCUT2D eigenvalue weighted by molar-refractivity contribution is 7.99. The molecular formula is C25H29N3O3S. The topological polar surface area (TPSA) is 69.7 Å². The third-order valence-corrected chi connectivity index (χ3v) is 7.28. The summed E-state index contributed by atoms with van der Waals surface area (Å²) in [6.07, 6.45) is 2.87. The number of nitrogens with zero attached hydrogens (tertiary/aromatic N) is 2. The van der Waals surface area contributed by atoms with Crippen LogP contribution < -0.4 is 10.2 Å². The Hall–Kier alpha value is -2.80. The first-order valence-electron chi connectivity index (χ1n) is 11.2. The normalized spacial score (nSPS) is 19.7. The van der Waals surface area contributed by atoms with Crippen molar-refractivity contribution in [1.29, 1.82) is 0 Å². The zero-order valence-corrected chi connectivity index (χ0v) is 19.2. The van der Waals surface area contributed by atoms with Gasteiger partial charge in [-0.15, -0.1) is 11.8 Å². The van der Waals surface area contributed by atoms with E-state index in [4.69, 9.17) is 0 Å². The largest absolute Gasteiger partial charge is 0.356 e. The molecule has 2 aromatic rings. The maximum absolute atomic E-state index is 13.2. The van der Waals surface area contributed by atoms with Gasteiger partial charge in [0.1, 0.15) is 5.66 Å². The molecule has 0 bridgehead atoms. The number of rotatable bonds is 9. The molecule has 1 unspecified atom stereocenters. The molecule has 0 spiro atoms. The van der Waals surface area contributed by atoms with Gasteiger partial charge in [0.05, 0.1) is 11.3 Å². The molecule has 0 saturated carbocycles. The Kier molecular flexibility index (Phi) is 6.84. The number of carbonyl (C=O) groups is 3. The molecule has 7 heteroatoms. The lowest BCUT2D eigenvalue weighted by Gasteiger charge is -2.48. The zero-order chi connectivity index (χ0) is 22.6. The van der Waals surface area contributed by atoms with Gasteiger partial charge in [-0.3, -0.25) is 19.3 Å². The Labute approximate surface area is 193 Å². The van der Waals surface area contributed by atoms with E-state index < -0.39 is 5.66 Å². The van der Waals surface area contributed by atoms with E-state index in [0.29, 0.717) is 50.0 Å². The van der Waals surface area contributed by atoms with E-state index in [1.54, 1.807) is 27.6 Å². The second kappa shape index (κ2) is 9.77. The summed E-state index contributed by atoms with van der Waals surface area (Å²) < 4.78 is 0.